The number of aromatic nitrogens is 2. The standard InChI is InChI=1S/C18H28N4O3/c1-3-25-17(23)13-4-6-16(7-5-13)20-18(24)22-9-8-14(12-22)15-10-19-21(2)11-15/h10-11,13-14,16H,3-9,12H2,1-2H3,(H,20,24). The number of nitrogens with zero attached hydrogens (tertiary/aromatic N) is 3. The van der Waals surface area contributed by atoms with Crippen LogP contribution in [0.25, 0.3) is 0 Å². The van der Waals surface area contributed by atoms with Crippen molar-refractivity contribution in [1.82, 2.24) is 20.0 Å². The number of hydrogen-bond donors (Lipinski definition) is 1. The first-order chi connectivity index (χ1) is 12.1. The fourth-order valence-corrected chi connectivity index (χ4v) is 3.87. The molecule has 1 aliphatic heterocycles. The van der Waals surface area contributed by atoms with E-state index in [1.165, 1.54) is 5.56 Å². The highest BCUT2D eigenvalue weighted by Gasteiger charge is 2.31. The van der Waals surface area contributed by atoms with Gasteiger partial charge in [-0.3, -0.25) is 9.48 Å². The van der Waals surface area contributed by atoms with Gasteiger partial charge in [0.2, 0.25) is 0 Å². The van der Waals surface area contributed by atoms with E-state index in [0.29, 0.717) is 12.5 Å². The van der Waals surface area contributed by atoms with Crippen molar-refractivity contribution in [2.75, 3.05) is 19.7 Å². The van der Waals surface area contributed by atoms with Crippen LogP contribution in [0.5, 0.6) is 0 Å². The number of ether oxygens (including phenoxy) is 1. The van der Waals surface area contributed by atoms with Crippen LogP contribution in [-0.2, 0) is 16.6 Å². The second-order valence-corrected chi connectivity index (χ2v) is 7.13. The Morgan fingerprint density at radius 1 is 1.28 bits per heavy atom. The zero-order valence-electron chi connectivity index (χ0n) is 15.1. The van der Waals surface area contributed by atoms with Crippen molar-refractivity contribution in [3.63, 3.8) is 0 Å². The number of carbonyl (C=O) groups excluding carboxylic acids is 2. The number of amides is 2. The minimum atomic E-state index is -0.0915. The van der Waals surface area contributed by atoms with Crippen LogP contribution in [-0.4, -0.2) is 52.4 Å². The van der Waals surface area contributed by atoms with E-state index in [9.17, 15) is 9.59 Å². The normalized spacial score (nSPS) is 26.5. The van der Waals surface area contributed by atoms with E-state index in [-0.39, 0.29) is 24.0 Å². The number of nitrogens with one attached hydrogen (secondary N) is 1. The van der Waals surface area contributed by atoms with Crippen molar-refractivity contribution in [3.05, 3.63) is 18.0 Å². The Labute approximate surface area is 148 Å². The number of carbonyl (C=O) groups is 2. The second kappa shape index (κ2) is 7.89. The first-order valence-corrected chi connectivity index (χ1v) is 9.27. The molecular weight excluding hydrogens is 320 g/mol. The van der Waals surface area contributed by atoms with Crippen LogP contribution in [0.2, 0.25) is 0 Å². The maximum absolute atomic E-state index is 12.5. The molecule has 2 heterocycles. The summed E-state index contributed by atoms with van der Waals surface area (Å²) in [5.41, 5.74) is 1.20. The smallest absolute Gasteiger partial charge is 0.317 e. The van der Waals surface area contributed by atoms with Gasteiger partial charge in [-0.25, -0.2) is 4.79 Å². The monoisotopic (exact) mass is 348 g/mol. The molecule has 138 valence electrons. The molecule has 0 aromatic carbocycles. The van der Waals surface area contributed by atoms with Crippen LogP contribution >= 0.6 is 0 Å². The Morgan fingerprint density at radius 2 is 2.04 bits per heavy atom. The highest BCUT2D eigenvalue weighted by atomic mass is 16.5. The second-order valence-electron chi connectivity index (χ2n) is 7.13. The Hall–Kier alpha value is -2.05. The zero-order valence-corrected chi connectivity index (χ0v) is 15.1. The lowest BCUT2D eigenvalue weighted by atomic mass is 9.86. The van der Waals surface area contributed by atoms with Gasteiger partial charge in [-0.1, -0.05) is 0 Å². The minimum Gasteiger partial charge on any atom is -0.466 e. The third-order valence-electron chi connectivity index (χ3n) is 5.35. The Morgan fingerprint density at radius 3 is 2.68 bits per heavy atom. The highest BCUT2D eigenvalue weighted by molar-refractivity contribution is 5.75. The number of rotatable bonds is 4. The van der Waals surface area contributed by atoms with E-state index in [4.69, 9.17) is 4.74 Å². The largest absolute Gasteiger partial charge is 0.466 e. The van der Waals surface area contributed by atoms with Gasteiger partial charge in [0.1, 0.15) is 0 Å². The van der Waals surface area contributed by atoms with Gasteiger partial charge < -0.3 is 15.0 Å². The molecule has 1 N–H and O–H groups in total. The predicted octanol–water partition coefficient (Wildman–Crippen LogP) is 2.04. The van der Waals surface area contributed by atoms with E-state index >= 15 is 0 Å². The van der Waals surface area contributed by atoms with E-state index in [1.54, 1.807) is 4.68 Å². The van der Waals surface area contributed by atoms with Gasteiger partial charge in [0.15, 0.2) is 0 Å². The summed E-state index contributed by atoms with van der Waals surface area (Å²) in [7, 11) is 1.91. The molecule has 0 radical (unpaired) electrons. The first kappa shape index (κ1) is 17.8. The molecule has 1 saturated heterocycles. The molecule has 1 atom stereocenters. The molecular formula is C18H28N4O3. The molecule has 7 heteroatoms. The average Bonchev–Trinajstić information content (AvgIpc) is 3.24. The molecule has 1 saturated carbocycles. The lowest BCUT2D eigenvalue weighted by molar-refractivity contribution is -0.149. The first-order valence-electron chi connectivity index (χ1n) is 9.27. The number of likely N-dealkylation sites (tertiary alicyclic amines) is 1. The number of hydrogen-bond acceptors (Lipinski definition) is 4. The van der Waals surface area contributed by atoms with Crippen molar-refractivity contribution >= 4 is 12.0 Å². The van der Waals surface area contributed by atoms with Crippen molar-refractivity contribution in [1.29, 1.82) is 0 Å². The number of aryl methyl sites for hydroxylation is 1. The minimum absolute atomic E-state index is 0.00477. The SMILES string of the molecule is CCOC(=O)C1CCC(NC(=O)N2CCC(c3cnn(C)c3)C2)CC1. The Bertz CT molecular complexity index is 607. The Balaban J connectivity index is 1.44. The van der Waals surface area contributed by atoms with Crippen LogP contribution in [0.4, 0.5) is 4.79 Å². The Kier molecular flexibility index (Phi) is 5.60. The predicted molar refractivity (Wildman–Crippen MR) is 93.0 cm³/mol. The molecule has 0 bridgehead atoms. The van der Waals surface area contributed by atoms with E-state index in [0.717, 1.165) is 45.2 Å². The molecule has 25 heavy (non-hydrogen) atoms. The molecule has 2 amide bonds. The molecule has 1 aromatic rings. The van der Waals surface area contributed by atoms with Gasteiger partial charge >= 0.3 is 12.0 Å². The van der Waals surface area contributed by atoms with Crippen LogP contribution < -0.4 is 5.32 Å². The third kappa shape index (κ3) is 4.32. The van der Waals surface area contributed by atoms with Crippen LogP contribution in [0.15, 0.2) is 12.4 Å². The van der Waals surface area contributed by atoms with E-state index in [2.05, 4.69) is 10.4 Å². The summed E-state index contributed by atoms with van der Waals surface area (Å²) < 4.78 is 6.90. The van der Waals surface area contributed by atoms with E-state index in [1.807, 2.05) is 31.3 Å². The van der Waals surface area contributed by atoms with Crippen molar-refractivity contribution < 1.29 is 14.3 Å². The lowest BCUT2D eigenvalue weighted by Crippen LogP contribution is -2.45. The quantitative estimate of drug-likeness (QED) is 0.845. The maximum atomic E-state index is 12.5. The summed E-state index contributed by atoms with van der Waals surface area (Å²) in [6.45, 7) is 3.79. The third-order valence-corrected chi connectivity index (χ3v) is 5.35. The van der Waals surface area contributed by atoms with Gasteiger partial charge in [0.25, 0.3) is 0 Å². The van der Waals surface area contributed by atoms with Gasteiger partial charge in [0, 0.05) is 38.3 Å². The summed E-state index contributed by atoms with van der Waals surface area (Å²) in [5.74, 6) is 0.278. The summed E-state index contributed by atoms with van der Waals surface area (Å²) in [4.78, 5) is 26.2. The van der Waals surface area contributed by atoms with Gasteiger partial charge in [-0.05, 0) is 44.6 Å². The average molecular weight is 348 g/mol. The summed E-state index contributed by atoms with van der Waals surface area (Å²) in [6, 6.07) is 0.182. The molecule has 7 nitrogen and oxygen atoms in total. The fourth-order valence-electron chi connectivity index (χ4n) is 3.87. The van der Waals surface area contributed by atoms with Gasteiger partial charge in [-0.2, -0.15) is 5.10 Å². The van der Waals surface area contributed by atoms with Crippen LogP contribution in [0.3, 0.4) is 0 Å². The van der Waals surface area contributed by atoms with Crippen molar-refractivity contribution in [3.8, 4) is 0 Å². The molecule has 0 spiro atoms. The van der Waals surface area contributed by atoms with Crippen molar-refractivity contribution in [2.24, 2.45) is 13.0 Å². The summed E-state index contributed by atoms with van der Waals surface area (Å²) >= 11 is 0. The van der Waals surface area contributed by atoms with Crippen LogP contribution in [0, 0.1) is 5.92 Å². The van der Waals surface area contributed by atoms with Gasteiger partial charge in [-0.15, -0.1) is 0 Å². The number of urea groups is 1. The number of esters is 1. The molecule has 2 fully saturated rings. The van der Waals surface area contributed by atoms with Crippen LogP contribution in [0.1, 0.15) is 50.5 Å². The topological polar surface area (TPSA) is 76.5 Å². The highest BCUT2D eigenvalue weighted by Crippen LogP contribution is 2.28. The molecule has 2 aliphatic rings. The molecule has 1 aromatic heterocycles. The maximum Gasteiger partial charge on any atom is 0.317 e. The summed E-state index contributed by atoms with van der Waals surface area (Å²) in [5, 5.41) is 7.36. The zero-order chi connectivity index (χ0) is 17.8. The molecule has 3 rings (SSSR count). The van der Waals surface area contributed by atoms with E-state index < -0.39 is 0 Å². The van der Waals surface area contributed by atoms with Gasteiger partial charge in [0.05, 0.1) is 18.7 Å². The molecule has 1 unspecified atom stereocenters. The fraction of sp³-hybridized carbons (Fsp3) is 0.722. The van der Waals surface area contributed by atoms with Crippen molar-refractivity contribution in [2.45, 2.75) is 51.0 Å². The molecule has 1 aliphatic carbocycles. The summed E-state index contributed by atoms with van der Waals surface area (Å²) in [6.07, 6.45) is 8.18. The lowest BCUT2D eigenvalue weighted by Gasteiger charge is -2.29.